The van der Waals surface area contributed by atoms with Crippen LogP contribution in [0, 0.1) is 34.5 Å². The first-order valence-electron chi connectivity index (χ1n) is 15.1. The summed E-state index contributed by atoms with van der Waals surface area (Å²) >= 11 is 0. The molecule has 4 fully saturated rings. The number of nitrogens with two attached hydrogens (primary N) is 4. The molecule has 0 bridgehead atoms. The molecule has 0 saturated heterocycles. The number of H-pyrrole nitrogens is 1. The van der Waals surface area contributed by atoms with E-state index in [0.29, 0.717) is 48.7 Å². The second-order valence-electron chi connectivity index (χ2n) is 13.5. The van der Waals surface area contributed by atoms with Crippen LogP contribution in [0.4, 0.5) is 0 Å². The smallest absolute Gasteiger partial charge is 0.185 e. The van der Waals surface area contributed by atoms with E-state index in [2.05, 4.69) is 39.1 Å². The van der Waals surface area contributed by atoms with Crippen molar-refractivity contribution in [3.05, 3.63) is 18.2 Å². The van der Waals surface area contributed by atoms with Crippen molar-refractivity contribution in [2.24, 2.45) is 67.4 Å². The molecule has 11 N–H and O–H groups in total. The molecule has 4 aliphatic rings. The van der Waals surface area contributed by atoms with Gasteiger partial charge in [-0.25, -0.2) is 4.98 Å². The highest BCUT2D eigenvalue weighted by Crippen LogP contribution is 2.68. The van der Waals surface area contributed by atoms with E-state index in [-0.39, 0.29) is 34.9 Å². The van der Waals surface area contributed by atoms with E-state index < -0.39 is 0 Å². The Kier molecular flexibility index (Phi) is 8.15. The van der Waals surface area contributed by atoms with E-state index in [1.165, 1.54) is 31.4 Å². The van der Waals surface area contributed by atoms with Crippen molar-refractivity contribution in [1.82, 2.24) is 15.3 Å². The van der Waals surface area contributed by atoms with Gasteiger partial charge in [0, 0.05) is 43.0 Å². The second kappa shape index (κ2) is 11.3. The summed E-state index contributed by atoms with van der Waals surface area (Å²) in [5.41, 5.74) is 24.3. The standard InChI is InChI=1S/C29H51N9O/c1-28-10-7-19(39)13-17(28)3-4-20-21-5-6-22(24-15-34-16-37-24)29(21,2)14-23(25(20)28)38-18(8-11-35-26(30)31)9-12-36-27(32)33/h15-23,25,38-39H,3-14H2,1-2H3,(H,34,37)(H4,30,31,35)(H4,32,33,36)/t17-,19-,20-,21-,22+,23+,25+,28-,29-/m0/s1. The number of guanidine groups is 2. The predicted octanol–water partition coefficient (Wildman–Crippen LogP) is 2.16. The number of aliphatic hydroxyl groups is 1. The Balaban J connectivity index is 1.47. The van der Waals surface area contributed by atoms with Gasteiger partial charge in [0.2, 0.25) is 0 Å². The van der Waals surface area contributed by atoms with Gasteiger partial charge >= 0.3 is 0 Å². The molecule has 1 aromatic heterocycles. The summed E-state index contributed by atoms with van der Waals surface area (Å²) in [6.07, 6.45) is 14.5. The van der Waals surface area contributed by atoms with Gasteiger partial charge in [-0.05, 0) is 98.7 Å². The van der Waals surface area contributed by atoms with Crippen molar-refractivity contribution in [3.8, 4) is 0 Å². The molecule has 10 heteroatoms. The van der Waals surface area contributed by atoms with Crippen LogP contribution in [-0.2, 0) is 0 Å². The maximum Gasteiger partial charge on any atom is 0.185 e. The lowest BCUT2D eigenvalue weighted by atomic mass is 9.43. The SMILES string of the molecule is C[C@]12CC[C@H](O)C[C@@H]1CC[C@@H]1[C@@H]2[C@H](NC(CCN=C(N)N)CCN=C(N)N)C[C@]2(C)[C@@H](c3cnc[nH]3)CC[C@@H]12. The number of nitrogens with zero attached hydrogens (tertiary/aromatic N) is 3. The summed E-state index contributed by atoms with van der Waals surface area (Å²) < 4.78 is 0. The molecule has 1 heterocycles. The predicted molar refractivity (Wildman–Crippen MR) is 156 cm³/mol. The van der Waals surface area contributed by atoms with E-state index in [1.807, 2.05) is 12.5 Å². The van der Waals surface area contributed by atoms with Crippen LogP contribution in [-0.4, -0.2) is 58.3 Å². The van der Waals surface area contributed by atoms with Crippen LogP contribution >= 0.6 is 0 Å². The minimum absolute atomic E-state index is 0.128. The monoisotopic (exact) mass is 541 g/mol. The van der Waals surface area contributed by atoms with Crippen LogP contribution in [0.25, 0.3) is 0 Å². The van der Waals surface area contributed by atoms with Crippen LogP contribution < -0.4 is 28.3 Å². The van der Waals surface area contributed by atoms with Gasteiger partial charge in [-0.15, -0.1) is 0 Å². The van der Waals surface area contributed by atoms with E-state index in [4.69, 9.17) is 22.9 Å². The highest BCUT2D eigenvalue weighted by atomic mass is 16.3. The summed E-state index contributed by atoms with van der Waals surface area (Å²) in [6.45, 7) is 6.25. The Hall–Kier alpha value is -2.33. The zero-order chi connectivity index (χ0) is 27.8. The molecule has 5 rings (SSSR count). The molecular formula is C29H51N9O. The first kappa shape index (κ1) is 28.2. The highest BCUT2D eigenvalue weighted by molar-refractivity contribution is 5.75. The molecule has 10 nitrogen and oxygen atoms in total. The molecule has 4 saturated carbocycles. The summed E-state index contributed by atoms with van der Waals surface area (Å²) in [7, 11) is 0. The molecule has 0 aliphatic heterocycles. The normalized spacial score (nSPS) is 39.4. The first-order chi connectivity index (χ1) is 18.6. The Bertz CT molecular complexity index is 998. The lowest BCUT2D eigenvalue weighted by Crippen LogP contribution is -2.63. The number of aliphatic imine (C=N–C) groups is 2. The Labute approximate surface area is 233 Å². The van der Waals surface area contributed by atoms with Crippen molar-refractivity contribution < 1.29 is 5.11 Å². The number of nitrogens with one attached hydrogen (secondary N) is 2. The van der Waals surface area contributed by atoms with Gasteiger partial charge < -0.3 is 38.3 Å². The van der Waals surface area contributed by atoms with Crippen molar-refractivity contribution in [3.63, 3.8) is 0 Å². The largest absolute Gasteiger partial charge is 0.393 e. The van der Waals surface area contributed by atoms with Crippen LogP contribution in [0.3, 0.4) is 0 Å². The topological polar surface area (TPSA) is 190 Å². The minimum Gasteiger partial charge on any atom is -0.393 e. The number of imidazole rings is 1. The third kappa shape index (κ3) is 5.51. The van der Waals surface area contributed by atoms with Gasteiger partial charge in [-0.3, -0.25) is 9.98 Å². The molecule has 4 aliphatic carbocycles. The fourth-order valence-corrected chi connectivity index (χ4v) is 9.86. The quantitative estimate of drug-likeness (QED) is 0.184. The van der Waals surface area contributed by atoms with Crippen molar-refractivity contribution in [2.75, 3.05) is 13.1 Å². The zero-order valence-corrected chi connectivity index (χ0v) is 23.9. The fourth-order valence-electron chi connectivity index (χ4n) is 9.86. The van der Waals surface area contributed by atoms with Gasteiger partial charge in [-0.2, -0.15) is 0 Å². The molecule has 0 radical (unpaired) electrons. The summed E-state index contributed by atoms with van der Waals surface area (Å²) in [5, 5.41) is 14.8. The van der Waals surface area contributed by atoms with Gasteiger partial charge in [0.1, 0.15) is 0 Å². The molecule has 39 heavy (non-hydrogen) atoms. The van der Waals surface area contributed by atoms with Crippen molar-refractivity contribution >= 4 is 11.9 Å². The minimum atomic E-state index is -0.150. The van der Waals surface area contributed by atoms with Gasteiger partial charge in [0.05, 0.1) is 12.4 Å². The average molecular weight is 542 g/mol. The third-order valence-electron chi connectivity index (χ3n) is 11.5. The highest BCUT2D eigenvalue weighted by Gasteiger charge is 2.63. The number of hydrogen-bond acceptors (Lipinski definition) is 5. The van der Waals surface area contributed by atoms with Crippen LogP contribution in [0.1, 0.15) is 89.7 Å². The van der Waals surface area contributed by atoms with Gasteiger partial charge in [-0.1, -0.05) is 13.8 Å². The number of hydrogen-bond donors (Lipinski definition) is 7. The number of aromatic amines is 1. The Morgan fingerprint density at radius 2 is 1.77 bits per heavy atom. The average Bonchev–Trinajstić information content (AvgIpc) is 3.51. The Morgan fingerprint density at radius 1 is 1.05 bits per heavy atom. The number of fused-ring (bicyclic) bond motifs is 5. The fraction of sp³-hybridized carbons (Fsp3) is 0.828. The number of aliphatic hydroxyl groups excluding tert-OH is 1. The summed E-state index contributed by atoms with van der Waals surface area (Å²) in [5.74, 6) is 3.31. The summed E-state index contributed by atoms with van der Waals surface area (Å²) in [4.78, 5) is 16.4. The Morgan fingerprint density at radius 3 is 2.41 bits per heavy atom. The van der Waals surface area contributed by atoms with Crippen molar-refractivity contribution in [2.45, 2.75) is 102 Å². The van der Waals surface area contributed by atoms with E-state index in [0.717, 1.165) is 38.5 Å². The second-order valence-corrected chi connectivity index (χ2v) is 13.5. The molecule has 0 spiro atoms. The molecule has 9 atom stereocenters. The maximum absolute atomic E-state index is 10.6. The van der Waals surface area contributed by atoms with Crippen LogP contribution in [0.5, 0.6) is 0 Å². The third-order valence-corrected chi connectivity index (χ3v) is 11.5. The number of aromatic nitrogens is 2. The molecule has 0 amide bonds. The van der Waals surface area contributed by atoms with Crippen molar-refractivity contribution in [1.29, 1.82) is 0 Å². The van der Waals surface area contributed by atoms with Crippen LogP contribution in [0.2, 0.25) is 0 Å². The van der Waals surface area contributed by atoms with Crippen LogP contribution in [0.15, 0.2) is 22.5 Å². The summed E-state index contributed by atoms with van der Waals surface area (Å²) in [6, 6.07) is 0.568. The molecule has 0 unspecified atom stereocenters. The lowest BCUT2D eigenvalue weighted by Gasteiger charge is -2.63. The van der Waals surface area contributed by atoms with E-state index in [1.54, 1.807) is 0 Å². The van der Waals surface area contributed by atoms with E-state index >= 15 is 0 Å². The molecule has 1 aromatic rings. The zero-order valence-electron chi connectivity index (χ0n) is 23.9. The van der Waals surface area contributed by atoms with E-state index in [9.17, 15) is 5.11 Å². The van der Waals surface area contributed by atoms with Gasteiger partial charge in [0.15, 0.2) is 11.9 Å². The molecule has 0 aromatic carbocycles. The molecular weight excluding hydrogens is 490 g/mol. The number of rotatable bonds is 9. The lowest BCUT2D eigenvalue weighted by molar-refractivity contribution is -0.139. The first-order valence-corrected chi connectivity index (χ1v) is 15.1. The molecule has 218 valence electrons. The van der Waals surface area contributed by atoms with Gasteiger partial charge in [0.25, 0.3) is 0 Å². The maximum atomic E-state index is 10.6.